The van der Waals surface area contributed by atoms with Gasteiger partial charge in [-0.1, -0.05) is 38.3 Å². The van der Waals surface area contributed by atoms with Crippen molar-refractivity contribution in [3.8, 4) is 0 Å². The smallest absolute Gasteiger partial charge is 0.316 e. The van der Waals surface area contributed by atoms with Crippen LogP contribution in [0.15, 0.2) is 40.6 Å². The summed E-state index contributed by atoms with van der Waals surface area (Å²) in [6.07, 6.45) is 6.33. The van der Waals surface area contributed by atoms with E-state index in [-0.39, 0.29) is 0 Å². The molecule has 0 atom stereocenters. The van der Waals surface area contributed by atoms with Crippen LogP contribution >= 0.6 is 0 Å². The molecule has 1 amide bonds. The van der Waals surface area contributed by atoms with Crippen molar-refractivity contribution in [2.45, 2.75) is 52.9 Å². The van der Waals surface area contributed by atoms with E-state index in [0.29, 0.717) is 11.0 Å². The van der Waals surface area contributed by atoms with Crippen LogP contribution in [0.2, 0.25) is 0 Å². The van der Waals surface area contributed by atoms with E-state index in [2.05, 4.69) is 35.7 Å². The molecule has 28 heavy (non-hydrogen) atoms. The minimum Gasteiger partial charge on any atom is -0.369 e. The molecule has 0 bridgehead atoms. The molecule has 2 aliphatic rings. The Morgan fingerprint density at radius 2 is 1.75 bits per heavy atom. The number of benzene rings is 1. The van der Waals surface area contributed by atoms with E-state index >= 15 is 0 Å². The molecule has 152 valence electrons. The van der Waals surface area contributed by atoms with E-state index < -0.39 is 5.91 Å². The Hall–Kier alpha value is -2.01. The number of allylic oxidation sites excluding steroid dienone is 1. The van der Waals surface area contributed by atoms with Crippen molar-refractivity contribution < 1.29 is 4.79 Å². The fourth-order valence-corrected chi connectivity index (χ4v) is 4.53. The number of amides is 1. The van der Waals surface area contributed by atoms with Gasteiger partial charge in [0.2, 0.25) is 0 Å². The van der Waals surface area contributed by atoms with Gasteiger partial charge in [-0.15, -0.1) is 4.91 Å². The van der Waals surface area contributed by atoms with Crippen molar-refractivity contribution in [1.29, 1.82) is 0 Å². The predicted molar refractivity (Wildman–Crippen MR) is 115 cm³/mol. The molecular formula is C23H33N3O2. The largest absolute Gasteiger partial charge is 0.369 e. The summed E-state index contributed by atoms with van der Waals surface area (Å²) in [5.74, 6) is -0.706. The first-order chi connectivity index (χ1) is 13.4. The maximum absolute atomic E-state index is 11.3. The lowest BCUT2D eigenvalue weighted by Gasteiger charge is -2.39. The van der Waals surface area contributed by atoms with Gasteiger partial charge in [-0.25, -0.2) is 0 Å². The van der Waals surface area contributed by atoms with Crippen molar-refractivity contribution in [3.63, 3.8) is 0 Å². The Kier molecular flexibility index (Phi) is 6.65. The van der Waals surface area contributed by atoms with Gasteiger partial charge < -0.3 is 4.90 Å². The summed E-state index contributed by atoms with van der Waals surface area (Å²) in [6, 6.07) is 7.22. The number of piperazine rings is 1. The molecule has 0 N–H and O–H groups in total. The van der Waals surface area contributed by atoms with E-state index in [4.69, 9.17) is 0 Å². The highest BCUT2D eigenvalue weighted by Crippen LogP contribution is 2.40. The normalized spacial score (nSPS) is 20.3. The molecule has 1 aromatic carbocycles. The summed E-state index contributed by atoms with van der Waals surface area (Å²) in [7, 11) is 0. The number of nitrogens with zero attached hydrogens (tertiary/aromatic N) is 3. The number of rotatable bonds is 6. The zero-order valence-electron chi connectivity index (χ0n) is 17.5. The second kappa shape index (κ2) is 8.99. The zero-order valence-corrected chi connectivity index (χ0v) is 17.5. The van der Waals surface area contributed by atoms with Gasteiger partial charge in [-0.05, 0) is 55.4 Å². The first-order valence-corrected chi connectivity index (χ1v) is 10.6. The Morgan fingerprint density at radius 3 is 2.36 bits per heavy atom. The Labute approximate surface area is 168 Å². The van der Waals surface area contributed by atoms with Crippen molar-refractivity contribution in [1.82, 2.24) is 4.90 Å². The van der Waals surface area contributed by atoms with Crippen LogP contribution in [0.5, 0.6) is 0 Å². The summed E-state index contributed by atoms with van der Waals surface area (Å²) in [5.41, 5.74) is 5.30. The molecular weight excluding hydrogens is 350 g/mol. The van der Waals surface area contributed by atoms with Crippen LogP contribution < -0.4 is 4.90 Å². The van der Waals surface area contributed by atoms with Crippen LogP contribution in [-0.2, 0) is 0 Å². The Morgan fingerprint density at radius 1 is 1.07 bits per heavy atom. The minimum absolute atomic E-state index is 0.354. The molecule has 1 aliphatic carbocycles. The predicted octanol–water partition coefficient (Wildman–Crippen LogP) is 5.02. The molecule has 0 aromatic heterocycles. The lowest BCUT2D eigenvalue weighted by molar-refractivity contribution is 0.100. The molecule has 0 unspecified atom stereocenters. The van der Waals surface area contributed by atoms with Gasteiger partial charge >= 0.3 is 5.91 Å². The van der Waals surface area contributed by atoms with Crippen molar-refractivity contribution in [2.75, 3.05) is 37.6 Å². The second-order valence-electron chi connectivity index (χ2n) is 9.00. The van der Waals surface area contributed by atoms with Gasteiger partial charge in [0.05, 0.1) is 0 Å². The lowest BCUT2D eigenvalue weighted by Crippen LogP contribution is -2.47. The van der Waals surface area contributed by atoms with Crippen LogP contribution in [0.1, 0.15) is 63.2 Å². The fourth-order valence-electron chi connectivity index (χ4n) is 4.53. The third-order valence-electron chi connectivity index (χ3n) is 6.20. The molecule has 0 saturated carbocycles. The zero-order chi connectivity index (χ0) is 20.1. The van der Waals surface area contributed by atoms with Crippen molar-refractivity contribution in [2.24, 2.45) is 10.6 Å². The topological polar surface area (TPSA) is 53.0 Å². The van der Waals surface area contributed by atoms with Crippen LogP contribution in [0.25, 0.3) is 0 Å². The van der Waals surface area contributed by atoms with E-state index in [1.54, 1.807) is 23.3 Å². The number of hydrogen-bond donors (Lipinski definition) is 0. The number of hydrogen-bond acceptors (Lipinski definition) is 4. The maximum Gasteiger partial charge on any atom is 0.316 e. The quantitative estimate of drug-likeness (QED) is 0.511. The monoisotopic (exact) mass is 383 g/mol. The average Bonchev–Trinajstić information content (AvgIpc) is 2.70. The highest BCUT2D eigenvalue weighted by molar-refractivity contribution is 5.95. The molecule has 1 aromatic rings. The summed E-state index contributed by atoms with van der Waals surface area (Å²) in [5, 5.41) is 2.48. The molecule has 0 spiro atoms. The SMILES string of the molecule is CCCC1=C(CN2CCN(c3ccc(C(=O)N=O)cc3)CC2)CC(C)(C)CC1. The Bertz CT molecular complexity index is 729. The van der Waals surface area contributed by atoms with Gasteiger partial charge in [-0.3, -0.25) is 9.69 Å². The molecule has 5 heteroatoms. The number of anilines is 1. The first kappa shape index (κ1) is 20.7. The van der Waals surface area contributed by atoms with Crippen molar-refractivity contribution >= 4 is 11.6 Å². The molecule has 1 saturated heterocycles. The van der Waals surface area contributed by atoms with Crippen molar-refractivity contribution in [3.05, 3.63) is 45.9 Å². The summed E-state index contributed by atoms with van der Waals surface area (Å²) in [6.45, 7) is 12.3. The molecule has 3 rings (SSSR count). The molecule has 1 aliphatic heterocycles. The summed E-state index contributed by atoms with van der Waals surface area (Å²) < 4.78 is 0. The van der Waals surface area contributed by atoms with E-state index in [9.17, 15) is 9.70 Å². The van der Waals surface area contributed by atoms with E-state index in [1.165, 1.54) is 32.1 Å². The number of nitroso groups, excluding NO2 is 1. The maximum atomic E-state index is 11.3. The fraction of sp³-hybridized carbons (Fsp3) is 0.609. The first-order valence-electron chi connectivity index (χ1n) is 10.6. The number of carbonyl (C=O) groups is 1. The standard InChI is InChI=1S/C23H33N3O2/c1-4-5-18-10-11-23(2,3)16-20(18)17-25-12-14-26(15-13-25)21-8-6-19(7-9-21)22(27)24-28/h6-9H,4-5,10-17H2,1-3H3. The van der Waals surface area contributed by atoms with Gasteiger partial charge in [0.15, 0.2) is 0 Å². The van der Waals surface area contributed by atoms with Crippen LogP contribution in [-0.4, -0.2) is 43.5 Å². The van der Waals surface area contributed by atoms with Gasteiger partial charge in [-0.2, -0.15) is 0 Å². The van der Waals surface area contributed by atoms with E-state index in [0.717, 1.165) is 38.4 Å². The lowest BCUT2D eigenvalue weighted by atomic mass is 9.73. The van der Waals surface area contributed by atoms with E-state index in [1.807, 2.05) is 12.1 Å². The van der Waals surface area contributed by atoms with Gasteiger partial charge in [0, 0.05) is 49.2 Å². The minimum atomic E-state index is -0.706. The van der Waals surface area contributed by atoms with Crippen LogP contribution in [0, 0.1) is 10.3 Å². The average molecular weight is 384 g/mol. The van der Waals surface area contributed by atoms with Gasteiger partial charge in [0.1, 0.15) is 0 Å². The highest BCUT2D eigenvalue weighted by Gasteiger charge is 2.28. The third kappa shape index (κ3) is 5.07. The number of carbonyl (C=O) groups excluding carboxylic acids is 1. The van der Waals surface area contributed by atoms with Crippen LogP contribution in [0.3, 0.4) is 0 Å². The highest BCUT2D eigenvalue weighted by atomic mass is 16.3. The van der Waals surface area contributed by atoms with Crippen LogP contribution in [0.4, 0.5) is 5.69 Å². The second-order valence-corrected chi connectivity index (χ2v) is 9.00. The molecule has 1 heterocycles. The summed E-state index contributed by atoms with van der Waals surface area (Å²) >= 11 is 0. The third-order valence-corrected chi connectivity index (χ3v) is 6.20. The Balaban J connectivity index is 1.59. The molecule has 1 fully saturated rings. The van der Waals surface area contributed by atoms with Gasteiger partial charge in [0.25, 0.3) is 0 Å². The molecule has 0 radical (unpaired) electrons. The summed E-state index contributed by atoms with van der Waals surface area (Å²) in [4.78, 5) is 26.7. The molecule has 5 nitrogen and oxygen atoms in total.